The van der Waals surface area contributed by atoms with Gasteiger partial charge in [0.2, 0.25) is 0 Å². The van der Waals surface area contributed by atoms with Gasteiger partial charge in [-0.2, -0.15) is 0 Å². The van der Waals surface area contributed by atoms with Gasteiger partial charge < -0.3 is 14.0 Å². The zero-order chi connectivity index (χ0) is 34.9. The first-order valence-electron chi connectivity index (χ1n) is 17.9. The lowest BCUT2D eigenvalue weighted by Crippen LogP contribution is -2.67. The van der Waals surface area contributed by atoms with Crippen LogP contribution in [0.25, 0.3) is 0 Å². The molecule has 1 saturated carbocycles. The molecule has 47 heavy (non-hydrogen) atoms. The monoisotopic (exact) mass is 678 g/mol. The summed E-state index contributed by atoms with van der Waals surface area (Å²) in [5, 5.41) is 11.6. The summed E-state index contributed by atoms with van der Waals surface area (Å²) in [6, 6.07) is 21.5. The Bertz CT molecular complexity index is 1250. The van der Waals surface area contributed by atoms with Gasteiger partial charge in [-0.25, -0.2) is 0 Å². The van der Waals surface area contributed by atoms with Crippen molar-refractivity contribution in [1.29, 1.82) is 0 Å². The van der Waals surface area contributed by atoms with E-state index >= 15 is 0 Å². The average molecular weight is 679 g/mol. The van der Waals surface area contributed by atoms with E-state index in [0.717, 1.165) is 38.5 Å². The predicted octanol–water partition coefficient (Wildman–Crippen LogP) is 9.31. The summed E-state index contributed by atoms with van der Waals surface area (Å²) in [5.41, 5.74) is 0. The van der Waals surface area contributed by atoms with Crippen molar-refractivity contribution < 1.29 is 23.5 Å². The Kier molecular flexibility index (Phi) is 14.0. The van der Waals surface area contributed by atoms with Gasteiger partial charge in [0.15, 0.2) is 8.32 Å². The number of hydrogen-bond acceptors (Lipinski definition) is 4. The molecule has 0 saturated heterocycles. The number of hydrogen-bond donors (Lipinski definition) is 1. The standard InChI is InChI=1S/C40H62O5Si2/c1-10-11-14-21-31(44-47(40(5,6)7,32-22-15-12-16-23-32)33-24-17-13-18-25-33)28-29-34-35(26-19-20-27-38(42)43)37(30-36(34)41)45-46(8,9)39(2,3)4/h12-13,15-18,22-25,28-29,31,34-35,37H,10-11,14,19-21,26-27,30H2,1-9H3,(H,42,43)/b29-28+/t31-,34+,35+,37-/m0/s1. The van der Waals surface area contributed by atoms with Crippen molar-refractivity contribution >= 4 is 38.8 Å². The SMILES string of the molecule is CCCCC[C@@H](/C=C/[C@H]1C(=O)C[C@H](O[Si](C)(C)C(C)(C)C)[C@@H]1CCCCC(=O)O)O[Si](c1ccccc1)(c1ccccc1)C(C)(C)C. The average Bonchev–Trinajstić information content (AvgIpc) is 3.28. The molecule has 5 nitrogen and oxygen atoms in total. The van der Waals surface area contributed by atoms with Crippen molar-refractivity contribution in [3.8, 4) is 0 Å². The quantitative estimate of drug-likeness (QED) is 0.103. The molecular formula is C40H62O5Si2. The molecule has 1 aliphatic rings. The van der Waals surface area contributed by atoms with Crippen LogP contribution < -0.4 is 10.4 Å². The number of Topliss-reactive ketones (excluding diaryl/α,β-unsaturated/α-hetero) is 1. The van der Waals surface area contributed by atoms with Gasteiger partial charge >= 0.3 is 5.97 Å². The zero-order valence-electron chi connectivity index (χ0n) is 30.7. The second kappa shape index (κ2) is 16.9. The normalized spacial score (nSPS) is 20.2. The third kappa shape index (κ3) is 10.1. The molecule has 2 aromatic carbocycles. The molecular weight excluding hydrogens is 617 g/mol. The largest absolute Gasteiger partial charge is 0.481 e. The smallest absolute Gasteiger partial charge is 0.303 e. The Morgan fingerprint density at radius 3 is 1.96 bits per heavy atom. The fourth-order valence-electron chi connectivity index (χ4n) is 6.86. The van der Waals surface area contributed by atoms with Crippen molar-refractivity contribution in [3.63, 3.8) is 0 Å². The topological polar surface area (TPSA) is 72.8 Å². The van der Waals surface area contributed by atoms with E-state index in [0.29, 0.717) is 12.8 Å². The van der Waals surface area contributed by atoms with Crippen LogP contribution in [0.5, 0.6) is 0 Å². The number of carbonyl (C=O) groups excluding carboxylic acids is 1. The Balaban J connectivity index is 2.03. The number of rotatable bonds is 17. The number of ketones is 1. The second-order valence-electron chi connectivity index (χ2n) is 16.1. The van der Waals surface area contributed by atoms with E-state index in [2.05, 4.69) is 134 Å². The number of aliphatic carboxylic acids is 1. The molecule has 3 rings (SSSR count). The molecule has 0 heterocycles. The molecule has 0 amide bonds. The van der Waals surface area contributed by atoms with E-state index in [9.17, 15) is 14.7 Å². The lowest BCUT2D eigenvalue weighted by molar-refractivity contribution is -0.137. The zero-order valence-corrected chi connectivity index (χ0v) is 32.7. The summed E-state index contributed by atoms with van der Waals surface area (Å²) in [6.07, 6.45) is 11.0. The third-order valence-corrected chi connectivity index (χ3v) is 20.1. The van der Waals surface area contributed by atoms with Crippen LogP contribution in [0.4, 0.5) is 0 Å². The number of unbranched alkanes of at least 4 members (excludes halogenated alkanes) is 3. The molecule has 0 bridgehead atoms. The Morgan fingerprint density at radius 2 is 1.47 bits per heavy atom. The van der Waals surface area contributed by atoms with Crippen molar-refractivity contribution in [2.24, 2.45) is 11.8 Å². The van der Waals surface area contributed by atoms with Crippen LogP contribution in [-0.2, 0) is 18.4 Å². The van der Waals surface area contributed by atoms with E-state index in [1.807, 2.05) is 0 Å². The van der Waals surface area contributed by atoms with Gasteiger partial charge in [0, 0.05) is 18.8 Å². The maximum atomic E-state index is 13.8. The highest BCUT2D eigenvalue weighted by Gasteiger charge is 2.51. The van der Waals surface area contributed by atoms with Crippen LogP contribution in [0, 0.1) is 11.8 Å². The highest BCUT2D eigenvalue weighted by Crippen LogP contribution is 2.44. The number of carboxylic acid groups (broad SMARTS) is 1. The summed E-state index contributed by atoms with van der Waals surface area (Å²) < 4.78 is 14.5. The molecule has 1 fully saturated rings. The molecule has 7 heteroatoms. The van der Waals surface area contributed by atoms with Crippen molar-refractivity contribution in [2.75, 3.05) is 0 Å². The summed E-state index contributed by atoms with van der Waals surface area (Å²) in [5.74, 6) is -0.767. The first-order chi connectivity index (χ1) is 22.0. The van der Waals surface area contributed by atoms with Crippen LogP contribution >= 0.6 is 0 Å². The van der Waals surface area contributed by atoms with E-state index < -0.39 is 22.6 Å². The van der Waals surface area contributed by atoms with E-state index in [-0.39, 0.29) is 46.3 Å². The van der Waals surface area contributed by atoms with E-state index in [1.165, 1.54) is 10.4 Å². The van der Waals surface area contributed by atoms with Crippen LogP contribution in [0.1, 0.15) is 106 Å². The molecule has 1 N–H and O–H groups in total. The first-order valence-corrected chi connectivity index (χ1v) is 22.7. The highest BCUT2D eigenvalue weighted by atomic mass is 28.4. The summed E-state index contributed by atoms with van der Waals surface area (Å²) in [4.78, 5) is 25.0. The molecule has 2 aromatic rings. The Hall–Kier alpha value is -2.33. The Morgan fingerprint density at radius 1 is 0.894 bits per heavy atom. The van der Waals surface area contributed by atoms with E-state index in [4.69, 9.17) is 8.85 Å². The van der Waals surface area contributed by atoms with Crippen molar-refractivity contribution in [3.05, 3.63) is 72.8 Å². The minimum atomic E-state index is -2.80. The maximum Gasteiger partial charge on any atom is 0.303 e. The van der Waals surface area contributed by atoms with Crippen molar-refractivity contribution in [1.82, 2.24) is 0 Å². The summed E-state index contributed by atoms with van der Waals surface area (Å²) in [6.45, 7) is 20.4. The van der Waals surface area contributed by atoms with Gasteiger partial charge in [-0.15, -0.1) is 0 Å². The minimum absolute atomic E-state index is 0.0332. The summed E-state index contributed by atoms with van der Waals surface area (Å²) in [7, 11) is -4.92. The molecule has 0 radical (unpaired) electrons. The maximum absolute atomic E-state index is 13.8. The number of allylic oxidation sites excluding steroid dienone is 1. The van der Waals surface area contributed by atoms with Gasteiger partial charge in [0.1, 0.15) is 5.78 Å². The molecule has 0 unspecified atom stereocenters. The molecule has 0 spiro atoms. The van der Waals surface area contributed by atoms with Crippen LogP contribution in [0.15, 0.2) is 72.8 Å². The number of carbonyl (C=O) groups is 2. The highest BCUT2D eigenvalue weighted by molar-refractivity contribution is 6.99. The van der Waals surface area contributed by atoms with Gasteiger partial charge in [-0.3, -0.25) is 9.59 Å². The molecule has 0 aliphatic heterocycles. The van der Waals surface area contributed by atoms with Crippen LogP contribution in [-0.4, -0.2) is 45.7 Å². The van der Waals surface area contributed by atoms with Crippen LogP contribution in [0.3, 0.4) is 0 Å². The number of benzene rings is 2. The molecule has 1 aliphatic carbocycles. The lowest BCUT2D eigenvalue weighted by Gasteiger charge is -2.45. The van der Waals surface area contributed by atoms with Crippen LogP contribution in [0.2, 0.25) is 23.2 Å². The third-order valence-electron chi connectivity index (χ3n) is 10.5. The summed E-state index contributed by atoms with van der Waals surface area (Å²) >= 11 is 0. The second-order valence-corrected chi connectivity index (χ2v) is 25.1. The number of carboxylic acids is 1. The minimum Gasteiger partial charge on any atom is -0.481 e. The lowest BCUT2D eigenvalue weighted by atomic mass is 9.88. The molecule has 260 valence electrons. The molecule has 4 atom stereocenters. The fourth-order valence-corrected chi connectivity index (χ4v) is 12.9. The van der Waals surface area contributed by atoms with Gasteiger partial charge in [0.25, 0.3) is 8.32 Å². The van der Waals surface area contributed by atoms with Crippen molar-refractivity contribution in [2.45, 2.75) is 142 Å². The van der Waals surface area contributed by atoms with E-state index in [1.54, 1.807) is 0 Å². The van der Waals surface area contributed by atoms with Gasteiger partial charge in [-0.1, -0.05) is 147 Å². The first kappa shape index (κ1) is 39.1. The van der Waals surface area contributed by atoms with Gasteiger partial charge in [-0.05, 0) is 58.7 Å². The van der Waals surface area contributed by atoms with Gasteiger partial charge in [0.05, 0.1) is 12.2 Å². The Labute approximate surface area is 287 Å². The molecule has 0 aromatic heterocycles. The predicted molar refractivity (Wildman–Crippen MR) is 201 cm³/mol. The fraction of sp³-hybridized carbons (Fsp3) is 0.600.